The molecule has 1 atom stereocenters. The van der Waals surface area contributed by atoms with Gasteiger partial charge in [-0.3, -0.25) is 9.59 Å². The Morgan fingerprint density at radius 3 is 2.67 bits per heavy atom. The summed E-state index contributed by atoms with van der Waals surface area (Å²) in [6.07, 6.45) is 0. The number of nitrogens with one attached hydrogen (secondary N) is 1. The summed E-state index contributed by atoms with van der Waals surface area (Å²) in [6.45, 7) is 3.80. The van der Waals surface area contributed by atoms with E-state index in [0.717, 1.165) is 11.1 Å². The zero-order valence-electron chi connectivity index (χ0n) is 13.2. The third-order valence-corrected chi connectivity index (χ3v) is 4.59. The van der Waals surface area contributed by atoms with Crippen LogP contribution in [0.25, 0.3) is 11.0 Å². The summed E-state index contributed by atoms with van der Waals surface area (Å²) in [5.74, 6) is -0.292. The van der Waals surface area contributed by atoms with Crippen LogP contribution in [-0.2, 0) is 0 Å². The molecule has 0 fully saturated rings. The van der Waals surface area contributed by atoms with Crippen LogP contribution in [0.2, 0.25) is 0 Å². The van der Waals surface area contributed by atoms with Crippen LogP contribution >= 0.6 is 0 Å². The molecule has 24 heavy (non-hydrogen) atoms. The highest BCUT2D eigenvalue weighted by molar-refractivity contribution is 5.99. The topological polar surface area (TPSA) is 79.5 Å². The quantitative estimate of drug-likeness (QED) is 0.722. The fourth-order valence-electron chi connectivity index (χ4n) is 3.16. The number of fused-ring (bicyclic) bond motifs is 2. The second-order valence-electron chi connectivity index (χ2n) is 6.06. The van der Waals surface area contributed by atoms with E-state index in [0.29, 0.717) is 22.1 Å². The number of phenolic OH excluding ortho intramolecular Hbond substituents is 1. The largest absolute Gasteiger partial charge is 0.508 e. The van der Waals surface area contributed by atoms with Gasteiger partial charge >= 0.3 is 0 Å². The highest BCUT2D eigenvalue weighted by Crippen LogP contribution is 2.33. The standard InChI is InChI=1S/C19H15NO4/c1-9-6-7-13-16(22)14-15(11-4-3-5-12(21)8-11)20-19(23)18(14)24-17(13)10(9)2/h3-8,15,21H,1-2H3,(H,20,23). The Morgan fingerprint density at radius 2 is 1.92 bits per heavy atom. The van der Waals surface area contributed by atoms with Gasteiger partial charge in [0.05, 0.1) is 17.0 Å². The number of hydrogen-bond donors (Lipinski definition) is 2. The molecule has 0 aliphatic carbocycles. The average Bonchev–Trinajstić information content (AvgIpc) is 2.89. The van der Waals surface area contributed by atoms with Crippen LogP contribution in [0, 0.1) is 13.8 Å². The lowest BCUT2D eigenvalue weighted by Gasteiger charge is -2.12. The van der Waals surface area contributed by atoms with Gasteiger partial charge in [0.2, 0.25) is 5.76 Å². The number of carbonyl (C=O) groups excluding carboxylic acids is 1. The maximum atomic E-state index is 13.0. The Labute approximate surface area is 137 Å². The first-order valence-electron chi connectivity index (χ1n) is 7.64. The van der Waals surface area contributed by atoms with Gasteiger partial charge in [0.15, 0.2) is 5.43 Å². The number of rotatable bonds is 1. The third-order valence-electron chi connectivity index (χ3n) is 4.59. The van der Waals surface area contributed by atoms with E-state index in [1.165, 1.54) is 12.1 Å². The van der Waals surface area contributed by atoms with Gasteiger partial charge in [0, 0.05) is 0 Å². The lowest BCUT2D eigenvalue weighted by atomic mass is 9.98. The molecule has 1 unspecified atom stereocenters. The van der Waals surface area contributed by atoms with Crippen molar-refractivity contribution in [1.82, 2.24) is 5.32 Å². The van der Waals surface area contributed by atoms with E-state index >= 15 is 0 Å². The predicted octanol–water partition coefficient (Wildman–Crippen LogP) is 2.95. The molecule has 1 aliphatic rings. The van der Waals surface area contributed by atoms with Crippen molar-refractivity contribution in [3.63, 3.8) is 0 Å². The molecule has 5 nitrogen and oxygen atoms in total. The van der Waals surface area contributed by atoms with E-state index < -0.39 is 11.9 Å². The maximum absolute atomic E-state index is 13.0. The van der Waals surface area contributed by atoms with Crippen molar-refractivity contribution < 1.29 is 14.3 Å². The Bertz CT molecular complexity index is 1060. The Hall–Kier alpha value is -3.08. The molecule has 2 N–H and O–H groups in total. The second-order valence-corrected chi connectivity index (χ2v) is 6.06. The summed E-state index contributed by atoms with van der Waals surface area (Å²) >= 11 is 0. The van der Waals surface area contributed by atoms with Crippen LogP contribution in [0.15, 0.2) is 45.6 Å². The summed E-state index contributed by atoms with van der Waals surface area (Å²) in [5.41, 5.74) is 3.00. The molecule has 5 heteroatoms. The molecule has 1 amide bonds. The van der Waals surface area contributed by atoms with Gasteiger partial charge in [0.1, 0.15) is 11.3 Å². The van der Waals surface area contributed by atoms with Crippen molar-refractivity contribution in [1.29, 1.82) is 0 Å². The molecule has 0 radical (unpaired) electrons. The second kappa shape index (κ2) is 4.96. The SMILES string of the molecule is Cc1ccc2c(=O)c3c(oc2c1C)C(=O)NC3c1cccc(O)c1. The number of aryl methyl sites for hydroxylation is 2. The lowest BCUT2D eigenvalue weighted by Crippen LogP contribution is -2.21. The highest BCUT2D eigenvalue weighted by Gasteiger charge is 2.36. The molecule has 4 rings (SSSR count). The van der Waals surface area contributed by atoms with Crippen LogP contribution in [0.4, 0.5) is 0 Å². The van der Waals surface area contributed by atoms with Crippen molar-refractivity contribution in [3.05, 3.63) is 74.6 Å². The molecular weight excluding hydrogens is 306 g/mol. The minimum atomic E-state index is -0.623. The molecule has 0 spiro atoms. The Kier molecular flexibility index (Phi) is 3.00. The highest BCUT2D eigenvalue weighted by atomic mass is 16.3. The molecule has 2 aromatic carbocycles. The van der Waals surface area contributed by atoms with E-state index in [1.54, 1.807) is 18.2 Å². The Balaban J connectivity index is 2.03. The molecule has 0 bridgehead atoms. The maximum Gasteiger partial charge on any atom is 0.288 e. The molecule has 1 aliphatic heterocycles. The summed E-state index contributed by atoms with van der Waals surface area (Å²) in [6, 6.07) is 9.47. The van der Waals surface area contributed by atoms with Gasteiger partial charge in [-0.05, 0) is 48.7 Å². The first-order chi connectivity index (χ1) is 11.5. The first-order valence-corrected chi connectivity index (χ1v) is 7.64. The van der Waals surface area contributed by atoms with Crippen molar-refractivity contribution in [3.8, 4) is 5.75 Å². The monoisotopic (exact) mass is 321 g/mol. The molecule has 120 valence electrons. The van der Waals surface area contributed by atoms with Crippen LogP contribution in [0.5, 0.6) is 5.75 Å². The van der Waals surface area contributed by atoms with E-state index in [9.17, 15) is 14.7 Å². The summed E-state index contributed by atoms with van der Waals surface area (Å²) in [7, 11) is 0. The molecule has 1 aromatic heterocycles. The van der Waals surface area contributed by atoms with Gasteiger partial charge in [-0.1, -0.05) is 18.2 Å². The van der Waals surface area contributed by atoms with Crippen LogP contribution in [0.3, 0.4) is 0 Å². The summed E-state index contributed by atoms with van der Waals surface area (Å²) < 4.78 is 5.82. The van der Waals surface area contributed by atoms with E-state index in [1.807, 2.05) is 19.9 Å². The molecule has 2 heterocycles. The number of aromatic hydroxyl groups is 1. The Morgan fingerprint density at radius 1 is 1.12 bits per heavy atom. The van der Waals surface area contributed by atoms with Gasteiger partial charge in [-0.2, -0.15) is 0 Å². The van der Waals surface area contributed by atoms with Gasteiger partial charge in [-0.15, -0.1) is 0 Å². The van der Waals surface area contributed by atoms with E-state index in [2.05, 4.69) is 5.32 Å². The van der Waals surface area contributed by atoms with Crippen LogP contribution in [0.1, 0.15) is 38.9 Å². The molecule has 0 saturated carbocycles. The summed E-state index contributed by atoms with van der Waals surface area (Å²) in [5, 5.41) is 12.9. The minimum absolute atomic E-state index is 0.0505. The minimum Gasteiger partial charge on any atom is -0.508 e. The summed E-state index contributed by atoms with van der Waals surface area (Å²) in [4.78, 5) is 25.3. The van der Waals surface area contributed by atoms with Crippen LogP contribution < -0.4 is 10.7 Å². The molecule has 0 saturated heterocycles. The zero-order valence-corrected chi connectivity index (χ0v) is 13.2. The van der Waals surface area contributed by atoms with Crippen molar-refractivity contribution in [2.45, 2.75) is 19.9 Å². The van der Waals surface area contributed by atoms with Crippen molar-refractivity contribution in [2.24, 2.45) is 0 Å². The molecular formula is C19H15NO4. The van der Waals surface area contributed by atoms with Crippen molar-refractivity contribution in [2.75, 3.05) is 0 Å². The number of carbonyl (C=O) groups is 1. The van der Waals surface area contributed by atoms with Gasteiger partial charge in [0.25, 0.3) is 5.91 Å². The van der Waals surface area contributed by atoms with Gasteiger partial charge < -0.3 is 14.8 Å². The third kappa shape index (κ3) is 1.94. The lowest BCUT2D eigenvalue weighted by molar-refractivity contribution is 0.0937. The van der Waals surface area contributed by atoms with Gasteiger partial charge in [-0.25, -0.2) is 0 Å². The fraction of sp³-hybridized carbons (Fsp3) is 0.158. The number of benzene rings is 2. The van der Waals surface area contributed by atoms with Crippen LogP contribution in [-0.4, -0.2) is 11.0 Å². The average molecular weight is 321 g/mol. The number of hydrogen-bond acceptors (Lipinski definition) is 4. The zero-order chi connectivity index (χ0) is 17.0. The number of phenols is 1. The fourth-order valence-corrected chi connectivity index (χ4v) is 3.16. The first kappa shape index (κ1) is 14.5. The molecule has 3 aromatic rings. The van der Waals surface area contributed by atoms with Crippen molar-refractivity contribution >= 4 is 16.9 Å². The predicted molar refractivity (Wildman–Crippen MR) is 89.4 cm³/mol. The normalized spacial score (nSPS) is 16.2. The van der Waals surface area contributed by atoms with E-state index in [-0.39, 0.29) is 16.9 Å². The number of amides is 1. The smallest absolute Gasteiger partial charge is 0.288 e. The van der Waals surface area contributed by atoms with E-state index in [4.69, 9.17) is 4.42 Å².